The molecule has 0 bridgehead atoms. The van der Waals surface area contributed by atoms with Crippen molar-refractivity contribution < 1.29 is 14.3 Å². The summed E-state index contributed by atoms with van der Waals surface area (Å²) in [6, 6.07) is 9.13. The number of ether oxygens (including phenoxy) is 1. The van der Waals surface area contributed by atoms with Crippen molar-refractivity contribution >= 4 is 17.5 Å². The number of aromatic nitrogens is 2. The highest BCUT2D eigenvalue weighted by Crippen LogP contribution is 2.25. The number of amides is 2. The van der Waals surface area contributed by atoms with Gasteiger partial charge in [0.05, 0.1) is 6.61 Å². The minimum absolute atomic E-state index is 0.0208. The Bertz CT molecular complexity index is 740. The van der Waals surface area contributed by atoms with E-state index >= 15 is 0 Å². The molecule has 1 aromatic carbocycles. The SMILES string of the molecule is CCOc1cc(C(=O)N2CC(=O)N(C)c3ccccc3C2)[nH]n1. The maximum atomic E-state index is 12.7. The molecule has 0 spiro atoms. The van der Waals surface area contributed by atoms with Crippen LogP contribution in [-0.4, -0.2) is 47.1 Å². The maximum absolute atomic E-state index is 12.7. The first-order chi connectivity index (χ1) is 11.1. The monoisotopic (exact) mass is 314 g/mol. The van der Waals surface area contributed by atoms with Crippen LogP contribution in [0.15, 0.2) is 30.3 Å². The minimum Gasteiger partial charge on any atom is -0.477 e. The fourth-order valence-electron chi connectivity index (χ4n) is 2.59. The molecule has 0 saturated carbocycles. The Morgan fingerprint density at radius 2 is 2.13 bits per heavy atom. The molecule has 0 atom stereocenters. The van der Waals surface area contributed by atoms with Gasteiger partial charge in [-0.1, -0.05) is 18.2 Å². The predicted molar refractivity (Wildman–Crippen MR) is 84.3 cm³/mol. The van der Waals surface area contributed by atoms with Gasteiger partial charge in [-0.25, -0.2) is 0 Å². The average Bonchev–Trinajstić information content (AvgIpc) is 2.97. The number of hydrogen-bond donors (Lipinski definition) is 1. The van der Waals surface area contributed by atoms with Gasteiger partial charge < -0.3 is 14.5 Å². The number of rotatable bonds is 3. The fourth-order valence-corrected chi connectivity index (χ4v) is 2.59. The maximum Gasteiger partial charge on any atom is 0.272 e. The van der Waals surface area contributed by atoms with E-state index in [0.29, 0.717) is 24.7 Å². The van der Waals surface area contributed by atoms with Crippen LogP contribution in [0.2, 0.25) is 0 Å². The molecule has 0 radical (unpaired) electrons. The van der Waals surface area contributed by atoms with E-state index in [1.165, 1.54) is 4.90 Å². The van der Waals surface area contributed by atoms with Gasteiger partial charge in [0.25, 0.3) is 5.91 Å². The summed E-state index contributed by atoms with van der Waals surface area (Å²) in [6.07, 6.45) is 0. The van der Waals surface area contributed by atoms with E-state index in [0.717, 1.165) is 11.3 Å². The lowest BCUT2D eigenvalue weighted by Gasteiger charge is -2.18. The van der Waals surface area contributed by atoms with Gasteiger partial charge in [-0.15, -0.1) is 5.10 Å². The summed E-state index contributed by atoms with van der Waals surface area (Å²) in [6.45, 7) is 2.70. The molecule has 0 unspecified atom stereocenters. The quantitative estimate of drug-likeness (QED) is 0.929. The molecule has 3 rings (SSSR count). The van der Waals surface area contributed by atoms with E-state index in [4.69, 9.17) is 4.74 Å². The second-order valence-corrected chi connectivity index (χ2v) is 5.30. The van der Waals surface area contributed by atoms with Crippen LogP contribution >= 0.6 is 0 Å². The smallest absolute Gasteiger partial charge is 0.272 e. The number of anilines is 1. The zero-order valence-electron chi connectivity index (χ0n) is 13.1. The van der Waals surface area contributed by atoms with Gasteiger partial charge in [0, 0.05) is 25.3 Å². The Balaban J connectivity index is 1.87. The topological polar surface area (TPSA) is 78.5 Å². The first kappa shape index (κ1) is 15.1. The summed E-state index contributed by atoms with van der Waals surface area (Å²) in [5.74, 6) is -0.0377. The summed E-state index contributed by atoms with van der Waals surface area (Å²) in [5, 5.41) is 6.60. The number of carbonyl (C=O) groups excluding carboxylic acids is 2. The molecule has 0 aliphatic carbocycles. The van der Waals surface area contributed by atoms with E-state index in [9.17, 15) is 9.59 Å². The van der Waals surface area contributed by atoms with Gasteiger partial charge in [-0.3, -0.25) is 14.7 Å². The number of carbonyl (C=O) groups is 2. The zero-order chi connectivity index (χ0) is 16.4. The molecule has 7 heteroatoms. The minimum atomic E-state index is -0.276. The van der Waals surface area contributed by atoms with E-state index in [-0.39, 0.29) is 18.4 Å². The van der Waals surface area contributed by atoms with Crippen molar-refractivity contribution in [2.24, 2.45) is 0 Å². The first-order valence-corrected chi connectivity index (χ1v) is 7.42. The molecule has 1 aliphatic rings. The van der Waals surface area contributed by atoms with Crippen LogP contribution in [0.1, 0.15) is 23.0 Å². The second kappa shape index (κ2) is 6.12. The third-order valence-corrected chi connectivity index (χ3v) is 3.78. The summed E-state index contributed by atoms with van der Waals surface area (Å²) in [7, 11) is 1.72. The highest BCUT2D eigenvalue weighted by Gasteiger charge is 2.28. The zero-order valence-corrected chi connectivity index (χ0v) is 13.1. The third-order valence-electron chi connectivity index (χ3n) is 3.78. The lowest BCUT2D eigenvalue weighted by molar-refractivity contribution is -0.118. The molecular weight excluding hydrogens is 296 g/mol. The third kappa shape index (κ3) is 2.90. The van der Waals surface area contributed by atoms with E-state index in [2.05, 4.69) is 10.2 Å². The van der Waals surface area contributed by atoms with Crippen LogP contribution in [0.3, 0.4) is 0 Å². The molecule has 7 nitrogen and oxygen atoms in total. The van der Waals surface area contributed by atoms with Crippen molar-refractivity contribution in [2.45, 2.75) is 13.5 Å². The Morgan fingerprint density at radius 3 is 2.91 bits per heavy atom. The van der Waals surface area contributed by atoms with Crippen LogP contribution < -0.4 is 9.64 Å². The Hall–Kier alpha value is -2.83. The lowest BCUT2D eigenvalue weighted by atomic mass is 10.1. The van der Waals surface area contributed by atoms with E-state index in [1.807, 2.05) is 31.2 Å². The Labute approximate surface area is 133 Å². The van der Waals surface area contributed by atoms with Crippen molar-refractivity contribution in [3.05, 3.63) is 41.6 Å². The number of likely N-dealkylation sites (N-methyl/N-ethyl adjacent to an activating group) is 1. The fraction of sp³-hybridized carbons (Fsp3) is 0.312. The van der Waals surface area contributed by atoms with Crippen LogP contribution in [0.25, 0.3) is 0 Å². The van der Waals surface area contributed by atoms with Gasteiger partial charge >= 0.3 is 0 Å². The van der Waals surface area contributed by atoms with Crippen molar-refractivity contribution in [3.8, 4) is 5.88 Å². The van der Waals surface area contributed by atoms with Gasteiger partial charge in [0.2, 0.25) is 11.8 Å². The molecular formula is C16H18N4O3. The molecule has 1 aromatic heterocycles. The van der Waals surface area contributed by atoms with Crippen LogP contribution in [0.4, 0.5) is 5.69 Å². The molecule has 1 N–H and O–H groups in total. The van der Waals surface area contributed by atoms with Gasteiger partial charge in [0.15, 0.2) is 0 Å². The summed E-state index contributed by atoms with van der Waals surface area (Å²) < 4.78 is 5.25. The van der Waals surface area contributed by atoms with Crippen molar-refractivity contribution in [2.75, 3.05) is 25.1 Å². The van der Waals surface area contributed by atoms with E-state index < -0.39 is 0 Å². The lowest BCUT2D eigenvalue weighted by Crippen LogP contribution is -2.38. The molecule has 2 amide bonds. The molecule has 1 aliphatic heterocycles. The summed E-state index contributed by atoms with van der Waals surface area (Å²) >= 11 is 0. The van der Waals surface area contributed by atoms with Crippen LogP contribution in [0, 0.1) is 0 Å². The predicted octanol–water partition coefficient (Wildman–Crippen LogP) is 1.43. The van der Waals surface area contributed by atoms with Crippen molar-refractivity contribution in [1.29, 1.82) is 0 Å². The number of benzene rings is 1. The second-order valence-electron chi connectivity index (χ2n) is 5.30. The van der Waals surface area contributed by atoms with Crippen molar-refractivity contribution in [3.63, 3.8) is 0 Å². The molecule has 2 heterocycles. The molecule has 120 valence electrons. The average molecular weight is 314 g/mol. The number of para-hydroxylation sites is 1. The first-order valence-electron chi connectivity index (χ1n) is 7.42. The van der Waals surface area contributed by atoms with Crippen LogP contribution in [0.5, 0.6) is 5.88 Å². The highest BCUT2D eigenvalue weighted by molar-refractivity contribution is 6.01. The highest BCUT2D eigenvalue weighted by atomic mass is 16.5. The standard InChI is InChI=1S/C16H18N4O3/c1-3-23-14-8-12(17-18-14)16(22)20-9-11-6-4-5-7-13(11)19(2)15(21)10-20/h4-8H,3,9-10H2,1-2H3,(H,17,18). The Morgan fingerprint density at radius 1 is 1.35 bits per heavy atom. The summed E-state index contributed by atoms with van der Waals surface area (Å²) in [5.41, 5.74) is 2.06. The van der Waals surface area contributed by atoms with Gasteiger partial charge in [-0.05, 0) is 18.6 Å². The molecule has 0 saturated heterocycles. The largest absolute Gasteiger partial charge is 0.477 e. The van der Waals surface area contributed by atoms with Gasteiger partial charge in [0.1, 0.15) is 12.2 Å². The number of fused-ring (bicyclic) bond motifs is 1. The molecule has 23 heavy (non-hydrogen) atoms. The summed E-state index contributed by atoms with van der Waals surface area (Å²) in [4.78, 5) is 28.1. The van der Waals surface area contributed by atoms with E-state index in [1.54, 1.807) is 18.0 Å². The number of aromatic amines is 1. The normalized spacial score (nSPS) is 14.4. The number of nitrogens with zero attached hydrogens (tertiary/aromatic N) is 3. The van der Waals surface area contributed by atoms with Crippen molar-refractivity contribution in [1.82, 2.24) is 15.1 Å². The molecule has 2 aromatic rings. The molecule has 0 fully saturated rings. The Kier molecular flexibility index (Phi) is 4.01. The number of H-pyrrole nitrogens is 1. The number of hydrogen-bond acceptors (Lipinski definition) is 4. The number of nitrogens with one attached hydrogen (secondary N) is 1. The van der Waals surface area contributed by atoms with Crippen LogP contribution in [-0.2, 0) is 11.3 Å². The van der Waals surface area contributed by atoms with Gasteiger partial charge in [-0.2, -0.15) is 0 Å².